The smallest absolute Gasteiger partial charge is 0.243 e. The number of fused-ring (bicyclic) bond motifs is 1. The third-order valence-electron chi connectivity index (χ3n) is 7.83. The summed E-state index contributed by atoms with van der Waals surface area (Å²) in [6.07, 6.45) is 0.296. The molecule has 1 aliphatic rings. The van der Waals surface area contributed by atoms with Gasteiger partial charge in [0.1, 0.15) is 11.2 Å². The molecule has 5 nitrogen and oxygen atoms in total. The van der Waals surface area contributed by atoms with Crippen molar-refractivity contribution in [1.82, 2.24) is 4.90 Å². The summed E-state index contributed by atoms with van der Waals surface area (Å²) in [4.78, 5) is 18.1. The van der Waals surface area contributed by atoms with E-state index < -0.39 is 5.41 Å². The maximum absolute atomic E-state index is 14.0. The minimum absolute atomic E-state index is 0.133. The van der Waals surface area contributed by atoms with Crippen LogP contribution in [0.1, 0.15) is 18.1 Å². The molecular weight excluding hydrogens is 506 g/mol. The number of carbonyl (C=O) groups is 1. The quantitative estimate of drug-likeness (QED) is 0.268. The van der Waals surface area contributed by atoms with E-state index >= 15 is 0 Å². The Balaban J connectivity index is 1.46. The molecule has 0 saturated carbocycles. The number of para-hydroxylation sites is 1. The van der Waals surface area contributed by atoms with E-state index in [9.17, 15) is 10.1 Å². The molecule has 1 aliphatic heterocycles. The first kappa shape index (κ1) is 26.6. The second-order valence-electron chi connectivity index (χ2n) is 10.3. The molecule has 0 aliphatic carbocycles. The summed E-state index contributed by atoms with van der Waals surface area (Å²) >= 11 is 6.35. The summed E-state index contributed by atoms with van der Waals surface area (Å²) < 4.78 is 5.68. The first-order valence-corrected chi connectivity index (χ1v) is 13.6. The predicted octanol–water partition coefficient (Wildman–Crippen LogP) is 6.90. The lowest BCUT2D eigenvalue weighted by molar-refractivity contribution is -0.138. The van der Waals surface area contributed by atoms with Gasteiger partial charge in [-0.25, -0.2) is 0 Å². The Labute approximate surface area is 235 Å². The van der Waals surface area contributed by atoms with Crippen LogP contribution in [0.2, 0.25) is 5.02 Å². The third-order valence-corrected chi connectivity index (χ3v) is 8.24. The number of nitrogens with zero attached hydrogens (tertiary/aromatic N) is 3. The van der Waals surface area contributed by atoms with Crippen LogP contribution in [0, 0.1) is 23.7 Å². The Kier molecular flexibility index (Phi) is 7.50. The number of hydrogen-bond acceptors (Lipinski definition) is 4. The van der Waals surface area contributed by atoms with E-state index in [0.29, 0.717) is 32.6 Å². The number of benzene rings is 4. The summed E-state index contributed by atoms with van der Waals surface area (Å²) in [6, 6.07) is 28.5. The van der Waals surface area contributed by atoms with Gasteiger partial charge in [-0.3, -0.25) is 4.79 Å². The van der Waals surface area contributed by atoms with Crippen molar-refractivity contribution in [1.29, 1.82) is 5.26 Å². The molecule has 0 bridgehead atoms. The largest absolute Gasteiger partial charge is 0.496 e. The maximum Gasteiger partial charge on any atom is 0.243 e. The molecule has 39 heavy (non-hydrogen) atoms. The van der Waals surface area contributed by atoms with E-state index in [1.54, 1.807) is 14.0 Å². The number of methoxy groups -OCH3 is 1. The van der Waals surface area contributed by atoms with Crippen molar-refractivity contribution in [3.05, 3.63) is 95.0 Å². The van der Waals surface area contributed by atoms with Crippen molar-refractivity contribution in [2.75, 3.05) is 38.2 Å². The Morgan fingerprint density at radius 2 is 1.67 bits per heavy atom. The predicted molar refractivity (Wildman–Crippen MR) is 158 cm³/mol. The molecule has 4 aromatic carbocycles. The van der Waals surface area contributed by atoms with Gasteiger partial charge in [0.2, 0.25) is 5.91 Å². The van der Waals surface area contributed by atoms with Crippen LogP contribution >= 0.6 is 11.6 Å². The molecule has 4 aromatic rings. The molecule has 1 fully saturated rings. The minimum atomic E-state index is -1.23. The SMILES string of the molecule is COc1ccccc1-c1ccc2ccccc2c1CC(C)(C#N)C(=O)N1CCN(c2cccc(Cl)c2C)CC1. The van der Waals surface area contributed by atoms with Crippen molar-refractivity contribution < 1.29 is 9.53 Å². The van der Waals surface area contributed by atoms with Crippen LogP contribution in [0.15, 0.2) is 78.9 Å². The van der Waals surface area contributed by atoms with Gasteiger partial charge in [-0.05, 0) is 59.5 Å². The summed E-state index contributed by atoms with van der Waals surface area (Å²) in [5.74, 6) is 0.623. The summed E-state index contributed by atoms with van der Waals surface area (Å²) in [7, 11) is 1.66. The number of anilines is 1. The third kappa shape index (κ3) is 5.05. The van der Waals surface area contributed by atoms with E-state index in [1.165, 1.54) is 0 Å². The number of hydrogen-bond donors (Lipinski definition) is 0. The van der Waals surface area contributed by atoms with Gasteiger partial charge in [-0.1, -0.05) is 72.3 Å². The van der Waals surface area contributed by atoms with Crippen molar-refractivity contribution >= 4 is 34.0 Å². The summed E-state index contributed by atoms with van der Waals surface area (Å²) in [5, 5.41) is 13.3. The maximum atomic E-state index is 14.0. The van der Waals surface area contributed by atoms with Gasteiger partial charge in [0, 0.05) is 48.9 Å². The Morgan fingerprint density at radius 1 is 0.949 bits per heavy atom. The number of halogens is 1. The average molecular weight is 538 g/mol. The number of nitriles is 1. The van der Waals surface area contributed by atoms with Gasteiger partial charge >= 0.3 is 0 Å². The topological polar surface area (TPSA) is 56.6 Å². The molecule has 1 saturated heterocycles. The second-order valence-corrected chi connectivity index (χ2v) is 10.7. The molecule has 1 heterocycles. The van der Waals surface area contributed by atoms with Gasteiger partial charge in [-0.15, -0.1) is 0 Å². The van der Waals surface area contributed by atoms with E-state index in [-0.39, 0.29) is 5.91 Å². The van der Waals surface area contributed by atoms with Gasteiger partial charge in [0.25, 0.3) is 0 Å². The lowest BCUT2D eigenvalue weighted by atomic mass is 9.79. The first-order chi connectivity index (χ1) is 18.9. The highest BCUT2D eigenvalue weighted by Gasteiger charge is 2.39. The Hall–Kier alpha value is -4.01. The van der Waals surface area contributed by atoms with Crippen LogP contribution in [0.3, 0.4) is 0 Å². The molecule has 1 amide bonds. The zero-order valence-corrected chi connectivity index (χ0v) is 23.3. The van der Waals surface area contributed by atoms with Crippen molar-refractivity contribution in [3.8, 4) is 22.9 Å². The van der Waals surface area contributed by atoms with E-state index in [2.05, 4.69) is 41.3 Å². The zero-order valence-electron chi connectivity index (χ0n) is 22.6. The molecule has 198 valence electrons. The molecule has 0 spiro atoms. The standard InChI is InChI=1S/C33H32ClN3O2/c1-23-29(34)12-8-13-30(23)36-17-19-37(20-18-36)32(38)33(2,22-35)21-28-25-10-5-4-9-24(25)15-16-26(28)27-11-6-7-14-31(27)39-3/h4-16H,17-21H2,1-3H3. The normalized spacial score (nSPS) is 15.1. The fourth-order valence-electron chi connectivity index (χ4n) is 5.60. The second kappa shape index (κ2) is 11.0. The number of amides is 1. The number of rotatable bonds is 6. The van der Waals surface area contributed by atoms with Crippen LogP contribution < -0.4 is 9.64 Å². The Bertz CT molecular complexity index is 1570. The monoisotopic (exact) mass is 537 g/mol. The number of piperazine rings is 1. The highest BCUT2D eigenvalue weighted by atomic mass is 35.5. The zero-order chi connectivity index (χ0) is 27.6. The molecule has 1 atom stereocenters. The molecule has 0 radical (unpaired) electrons. The first-order valence-electron chi connectivity index (χ1n) is 13.2. The summed E-state index contributed by atoms with van der Waals surface area (Å²) in [6.45, 7) is 6.28. The van der Waals surface area contributed by atoms with Crippen LogP contribution in [-0.4, -0.2) is 44.1 Å². The molecule has 0 N–H and O–H groups in total. The highest BCUT2D eigenvalue weighted by molar-refractivity contribution is 6.31. The molecule has 5 rings (SSSR count). The number of carbonyl (C=O) groups excluding carboxylic acids is 1. The average Bonchev–Trinajstić information content (AvgIpc) is 2.98. The lowest BCUT2D eigenvalue weighted by Gasteiger charge is -2.39. The lowest BCUT2D eigenvalue weighted by Crippen LogP contribution is -2.53. The number of ether oxygens (including phenoxy) is 1. The van der Waals surface area contributed by atoms with Crippen LogP contribution in [0.25, 0.3) is 21.9 Å². The van der Waals surface area contributed by atoms with Crippen molar-refractivity contribution in [2.24, 2.45) is 5.41 Å². The van der Waals surface area contributed by atoms with Gasteiger partial charge in [0.05, 0.1) is 13.2 Å². The minimum Gasteiger partial charge on any atom is -0.496 e. The fraction of sp³-hybridized carbons (Fsp3) is 0.273. The summed E-state index contributed by atoms with van der Waals surface area (Å²) in [5.41, 5.74) is 3.80. The van der Waals surface area contributed by atoms with Gasteiger partial charge in [-0.2, -0.15) is 5.26 Å². The van der Waals surface area contributed by atoms with Gasteiger partial charge < -0.3 is 14.5 Å². The van der Waals surface area contributed by atoms with E-state index in [4.69, 9.17) is 16.3 Å². The van der Waals surface area contributed by atoms with Crippen LogP contribution in [0.4, 0.5) is 5.69 Å². The van der Waals surface area contributed by atoms with Crippen molar-refractivity contribution in [3.63, 3.8) is 0 Å². The molecular formula is C33H32ClN3O2. The highest BCUT2D eigenvalue weighted by Crippen LogP contribution is 2.39. The molecule has 0 aromatic heterocycles. The Morgan fingerprint density at radius 3 is 2.41 bits per heavy atom. The fourth-order valence-corrected chi connectivity index (χ4v) is 5.77. The van der Waals surface area contributed by atoms with E-state index in [1.807, 2.05) is 60.4 Å². The molecule has 6 heteroatoms. The van der Waals surface area contributed by atoms with Gasteiger partial charge in [0.15, 0.2) is 0 Å². The van der Waals surface area contributed by atoms with E-state index in [0.717, 1.165) is 49.5 Å². The van der Waals surface area contributed by atoms with Crippen molar-refractivity contribution in [2.45, 2.75) is 20.3 Å². The van der Waals surface area contributed by atoms with Crippen LogP contribution in [0.5, 0.6) is 5.75 Å². The molecule has 1 unspecified atom stereocenters. The van der Waals surface area contributed by atoms with Crippen LogP contribution in [-0.2, 0) is 11.2 Å².